The van der Waals surface area contributed by atoms with E-state index in [1.165, 1.54) is 43.1 Å². The second-order valence-electron chi connectivity index (χ2n) is 5.36. The van der Waals surface area contributed by atoms with Crippen molar-refractivity contribution >= 4 is 17.7 Å². The zero-order chi connectivity index (χ0) is 13.9. The third-order valence-corrected chi connectivity index (χ3v) is 5.22. The maximum absolute atomic E-state index is 10.7. The fourth-order valence-electron chi connectivity index (χ4n) is 2.72. The van der Waals surface area contributed by atoms with E-state index in [0.29, 0.717) is 5.41 Å². The fraction of sp³-hybridized carbons (Fsp3) is 0.714. The van der Waals surface area contributed by atoms with Crippen LogP contribution in [-0.4, -0.2) is 26.4 Å². The van der Waals surface area contributed by atoms with Gasteiger partial charge < -0.3 is 9.67 Å². The van der Waals surface area contributed by atoms with Crippen LogP contribution in [0.5, 0.6) is 0 Å². The van der Waals surface area contributed by atoms with E-state index >= 15 is 0 Å². The third-order valence-electron chi connectivity index (χ3n) is 4.25. The number of carboxylic acid groups (broad SMARTS) is 1. The number of hydrogen-bond acceptors (Lipinski definition) is 3. The molecule has 0 aromatic carbocycles. The van der Waals surface area contributed by atoms with Crippen LogP contribution in [0.3, 0.4) is 0 Å². The van der Waals surface area contributed by atoms with Gasteiger partial charge in [-0.1, -0.05) is 32.0 Å². The van der Waals surface area contributed by atoms with Gasteiger partial charge in [-0.2, -0.15) is 0 Å². The number of thioether (sulfide) groups is 1. The van der Waals surface area contributed by atoms with Crippen molar-refractivity contribution in [3.8, 4) is 0 Å². The van der Waals surface area contributed by atoms with E-state index in [1.54, 1.807) is 0 Å². The molecule has 0 unspecified atom stereocenters. The van der Waals surface area contributed by atoms with Crippen LogP contribution in [0.25, 0.3) is 0 Å². The summed E-state index contributed by atoms with van der Waals surface area (Å²) in [5.41, 5.74) is 1.64. The van der Waals surface area contributed by atoms with Gasteiger partial charge in [-0.3, -0.25) is 4.79 Å². The van der Waals surface area contributed by atoms with Gasteiger partial charge in [0.1, 0.15) is 0 Å². The number of aryl methyl sites for hydroxylation is 1. The molecule has 0 spiro atoms. The summed E-state index contributed by atoms with van der Waals surface area (Å²) in [4.78, 5) is 15.1. The number of nitrogens with zero attached hydrogens (tertiary/aromatic N) is 2. The van der Waals surface area contributed by atoms with Crippen molar-refractivity contribution in [3.63, 3.8) is 0 Å². The highest BCUT2D eigenvalue weighted by Gasteiger charge is 2.36. The largest absolute Gasteiger partial charge is 0.481 e. The first-order valence-corrected chi connectivity index (χ1v) is 7.98. The summed E-state index contributed by atoms with van der Waals surface area (Å²) in [6.45, 7) is 5.37. The van der Waals surface area contributed by atoms with Gasteiger partial charge >= 0.3 is 5.97 Å². The van der Waals surface area contributed by atoms with Gasteiger partial charge in [0.2, 0.25) is 0 Å². The third kappa shape index (κ3) is 3.14. The van der Waals surface area contributed by atoms with Crippen molar-refractivity contribution in [1.29, 1.82) is 0 Å². The minimum Gasteiger partial charge on any atom is -0.481 e. The summed E-state index contributed by atoms with van der Waals surface area (Å²) in [6.07, 6.45) is 7.92. The molecule has 4 nitrogen and oxygen atoms in total. The molecule has 1 aliphatic rings. The molecule has 0 saturated heterocycles. The summed E-state index contributed by atoms with van der Waals surface area (Å²) < 4.78 is 2.25. The lowest BCUT2D eigenvalue weighted by Crippen LogP contribution is -2.34. The highest BCUT2D eigenvalue weighted by Crippen LogP contribution is 2.45. The van der Waals surface area contributed by atoms with E-state index in [1.807, 2.05) is 6.20 Å². The zero-order valence-electron chi connectivity index (χ0n) is 11.7. The Hall–Kier alpha value is -0.970. The van der Waals surface area contributed by atoms with Crippen molar-refractivity contribution in [2.45, 2.75) is 57.7 Å². The van der Waals surface area contributed by atoms with Crippen LogP contribution in [0, 0.1) is 5.41 Å². The van der Waals surface area contributed by atoms with Gasteiger partial charge in [-0.15, -0.1) is 0 Å². The van der Waals surface area contributed by atoms with E-state index in [9.17, 15) is 4.79 Å². The molecule has 1 fully saturated rings. The average molecular weight is 282 g/mol. The number of aliphatic carboxylic acids is 1. The monoisotopic (exact) mass is 282 g/mol. The van der Waals surface area contributed by atoms with Crippen molar-refractivity contribution in [2.24, 2.45) is 5.41 Å². The molecule has 0 amide bonds. The molecule has 1 aromatic heterocycles. The lowest BCUT2D eigenvalue weighted by Gasteiger charge is -2.42. The van der Waals surface area contributed by atoms with Crippen LogP contribution in [0.15, 0.2) is 11.4 Å². The minimum absolute atomic E-state index is 0.0826. The fourth-order valence-corrected chi connectivity index (χ4v) is 3.44. The molecule has 1 heterocycles. The van der Waals surface area contributed by atoms with Gasteiger partial charge in [0.15, 0.2) is 5.16 Å². The predicted octanol–water partition coefficient (Wildman–Crippen LogP) is 3.20. The molecule has 0 atom stereocenters. The van der Waals surface area contributed by atoms with Crippen molar-refractivity contribution in [2.75, 3.05) is 5.75 Å². The number of imidazole rings is 1. The topological polar surface area (TPSA) is 55.1 Å². The summed E-state index contributed by atoms with van der Waals surface area (Å²) in [7, 11) is 0. The Morgan fingerprint density at radius 2 is 2.26 bits per heavy atom. The van der Waals surface area contributed by atoms with E-state index in [2.05, 4.69) is 23.4 Å². The molecule has 106 valence electrons. The molecule has 2 rings (SSSR count). The summed E-state index contributed by atoms with van der Waals surface area (Å²) >= 11 is 1.33. The van der Waals surface area contributed by atoms with Crippen LogP contribution in [0.4, 0.5) is 0 Å². The molecule has 19 heavy (non-hydrogen) atoms. The standard InChI is InChI=1S/C14H22N2O2S/c1-3-11-8-15-13(19-9-12(17)18)16(11)10-14(4-2)6-5-7-14/h8H,3-7,9-10H2,1-2H3,(H,17,18). The lowest BCUT2D eigenvalue weighted by atomic mass is 9.67. The van der Waals surface area contributed by atoms with Crippen LogP contribution in [0.2, 0.25) is 0 Å². The Morgan fingerprint density at radius 1 is 1.53 bits per heavy atom. The molecule has 0 radical (unpaired) electrons. The van der Waals surface area contributed by atoms with E-state index in [-0.39, 0.29) is 5.75 Å². The van der Waals surface area contributed by atoms with Crippen LogP contribution in [-0.2, 0) is 17.8 Å². The number of rotatable bonds is 7. The molecule has 1 aliphatic carbocycles. The normalized spacial score (nSPS) is 17.2. The average Bonchev–Trinajstić information content (AvgIpc) is 2.73. The Morgan fingerprint density at radius 3 is 2.74 bits per heavy atom. The van der Waals surface area contributed by atoms with E-state index in [4.69, 9.17) is 5.11 Å². The maximum Gasteiger partial charge on any atom is 0.313 e. The molecule has 0 aliphatic heterocycles. The van der Waals surface area contributed by atoms with Gasteiger partial charge in [-0.25, -0.2) is 4.98 Å². The molecular formula is C14H22N2O2S. The first kappa shape index (κ1) is 14.4. The van der Waals surface area contributed by atoms with Gasteiger partial charge in [0.25, 0.3) is 0 Å². The maximum atomic E-state index is 10.7. The first-order chi connectivity index (χ1) is 9.10. The second kappa shape index (κ2) is 5.99. The highest BCUT2D eigenvalue weighted by atomic mass is 32.2. The molecule has 1 aromatic rings. The predicted molar refractivity (Wildman–Crippen MR) is 76.5 cm³/mol. The molecular weight excluding hydrogens is 260 g/mol. The molecule has 0 bridgehead atoms. The summed E-state index contributed by atoms with van der Waals surface area (Å²) in [6, 6.07) is 0. The molecule has 1 N–H and O–H groups in total. The van der Waals surface area contributed by atoms with E-state index in [0.717, 1.165) is 18.1 Å². The Bertz CT molecular complexity index is 447. The number of carboxylic acids is 1. The number of aromatic nitrogens is 2. The highest BCUT2D eigenvalue weighted by molar-refractivity contribution is 7.99. The first-order valence-electron chi connectivity index (χ1n) is 6.99. The zero-order valence-corrected chi connectivity index (χ0v) is 12.5. The summed E-state index contributed by atoms with van der Waals surface area (Å²) in [5.74, 6) is -0.703. The van der Waals surface area contributed by atoms with Gasteiger partial charge in [-0.05, 0) is 31.1 Å². The minimum atomic E-state index is -0.786. The van der Waals surface area contributed by atoms with Crippen molar-refractivity contribution < 1.29 is 9.90 Å². The smallest absolute Gasteiger partial charge is 0.313 e. The summed E-state index contributed by atoms with van der Waals surface area (Å²) in [5, 5.41) is 9.67. The van der Waals surface area contributed by atoms with E-state index < -0.39 is 5.97 Å². The van der Waals surface area contributed by atoms with Crippen molar-refractivity contribution in [3.05, 3.63) is 11.9 Å². The van der Waals surface area contributed by atoms with Gasteiger partial charge in [0, 0.05) is 18.4 Å². The molecule has 1 saturated carbocycles. The van der Waals surface area contributed by atoms with Crippen LogP contribution < -0.4 is 0 Å². The number of hydrogen-bond donors (Lipinski definition) is 1. The Labute approximate surface area is 118 Å². The van der Waals surface area contributed by atoms with Crippen LogP contribution in [0.1, 0.15) is 45.2 Å². The SMILES string of the molecule is CCc1cnc(SCC(=O)O)n1CC1(CC)CCC1. The van der Waals surface area contributed by atoms with Gasteiger partial charge in [0.05, 0.1) is 5.75 Å². The van der Waals surface area contributed by atoms with Crippen LogP contribution >= 0.6 is 11.8 Å². The Kier molecular flexibility index (Phi) is 4.55. The van der Waals surface area contributed by atoms with Crippen molar-refractivity contribution in [1.82, 2.24) is 9.55 Å². The quantitative estimate of drug-likeness (QED) is 0.780. The lowest BCUT2D eigenvalue weighted by molar-refractivity contribution is -0.133. The number of carbonyl (C=O) groups is 1. The Balaban J connectivity index is 2.16. The second-order valence-corrected chi connectivity index (χ2v) is 6.30. The molecule has 5 heteroatoms.